The number of aromatic nitrogens is 1. The Morgan fingerprint density at radius 2 is 2.24 bits per heavy atom. The highest BCUT2D eigenvalue weighted by Gasteiger charge is 2.19. The second-order valence-electron chi connectivity index (χ2n) is 5.22. The fourth-order valence-corrected chi connectivity index (χ4v) is 1.18. The van der Waals surface area contributed by atoms with Gasteiger partial charge in [0.1, 0.15) is 5.76 Å². The summed E-state index contributed by atoms with van der Waals surface area (Å²) < 4.78 is 5.55. The van der Waals surface area contributed by atoms with E-state index in [0.29, 0.717) is 19.0 Å². The smallest absolute Gasteiger partial charge is 0.224 e. The molecule has 1 amide bonds. The molecule has 0 aromatic carbocycles. The van der Waals surface area contributed by atoms with E-state index in [1.165, 1.54) is 0 Å². The zero-order valence-corrected chi connectivity index (χ0v) is 10.9. The Morgan fingerprint density at radius 1 is 1.59 bits per heavy atom. The molecule has 0 fully saturated rings. The van der Waals surface area contributed by atoms with Gasteiger partial charge in [0.2, 0.25) is 11.8 Å². The second kappa shape index (κ2) is 5.31. The molecule has 1 atom stereocenters. The van der Waals surface area contributed by atoms with Gasteiger partial charge in [0.15, 0.2) is 0 Å². The van der Waals surface area contributed by atoms with Crippen LogP contribution in [0.4, 0.5) is 0 Å². The van der Waals surface area contributed by atoms with Crippen molar-refractivity contribution in [1.82, 2.24) is 10.3 Å². The third kappa shape index (κ3) is 3.85. The Morgan fingerprint density at radius 3 is 2.71 bits per heavy atom. The Balaban J connectivity index is 2.54. The molecule has 0 saturated heterocycles. The summed E-state index contributed by atoms with van der Waals surface area (Å²) in [5, 5.41) is 2.74. The highest BCUT2D eigenvalue weighted by Crippen LogP contribution is 2.22. The van der Waals surface area contributed by atoms with E-state index in [0.717, 1.165) is 5.76 Å². The molecule has 1 unspecified atom stereocenters. The Hall–Kier alpha value is -1.36. The Kier molecular flexibility index (Phi) is 4.28. The van der Waals surface area contributed by atoms with E-state index in [-0.39, 0.29) is 17.2 Å². The van der Waals surface area contributed by atoms with Crippen LogP contribution in [0.5, 0.6) is 0 Å². The van der Waals surface area contributed by atoms with Crippen LogP contribution in [0.3, 0.4) is 0 Å². The molecule has 0 aliphatic carbocycles. The highest BCUT2D eigenvalue weighted by atomic mass is 16.4. The van der Waals surface area contributed by atoms with Gasteiger partial charge in [-0.05, 0) is 0 Å². The zero-order chi connectivity index (χ0) is 13.1. The lowest BCUT2D eigenvalue weighted by Crippen LogP contribution is -2.32. The van der Waals surface area contributed by atoms with Crippen molar-refractivity contribution in [3.63, 3.8) is 0 Å². The van der Waals surface area contributed by atoms with Crippen LogP contribution in [-0.2, 0) is 16.8 Å². The molecule has 0 saturated carbocycles. The minimum absolute atomic E-state index is 0.0696. The van der Waals surface area contributed by atoms with E-state index in [1.807, 2.05) is 20.8 Å². The maximum absolute atomic E-state index is 11.5. The fraction of sp³-hybridized carbons (Fsp3) is 0.667. The number of oxazole rings is 1. The van der Waals surface area contributed by atoms with Crippen LogP contribution in [0.2, 0.25) is 0 Å². The van der Waals surface area contributed by atoms with Crippen molar-refractivity contribution in [3.05, 3.63) is 17.8 Å². The van der Waals surface area contributed by atoms with E-state index in [4.69, 9.17) is 10.2 Å². The summed E-state index contributed by atoms with van der Waals surface area (Å²) in [4.78, 5) is 15.6. The molecule has 0 radical (unpaired) electrons. The van der Waals surface area contributed by atoms with Gasteiger partial charge in [-0.2, -0.15) is 0 Å². The summed E-state index contributed by atoms with van der Waals surface area (Å²) in [5.74, 6) is 1.07. The lowest BCUT2D eigenvalue weighted by molar-refractivity contribution is -0.124. The molecule has 96 valence electrons. The molecule has 0 bridgehead atoms. The quantitative estimate of drug-likeness (QED) is 0.826. The first-order valence-electron chi connectivity index (χ1n) is 5.77. The number of nitrogens with two attached hydrogens (primary N) is 1. The first kappa shape index (κ1) is 13.7. The standard InChI is InChI=1S/C12H21N3O2/c1-8(5-13)11(16)15-7-10-14-6-9(17-10)12(2,3)4/h6,8H,5,7,13H2,1-4H3,(H,15,16). The van der Waals surface area contributed by atoms with E-state index in [1.54, 1.807) is 13.1 Å². The average molecular weight is 239 g/mol. The minimum Gasteiger partial charge on any atom is -0.443 e. The van der Waals surface area contributed by atoms with Crippen LogP contribution in [-0.4, -0.2) is 17.4 Å². The predicted molar refractivity (Wildman–Crippen MR) is 65.3 cm³/mol. The van der Waals surface area contributed by atoms with Crippen LogP contribution in [0.15, 0.2) is 10.6 Å². The molecule has 17 heavy (non-hydrogen) atoms. The predicted octanol–water partition coefficient (Wildman–Crippen LogP) is 1.18. The molecule has 0 aliphatic rings. The van der Waals surface area contributed by atoms with Crippen LogP contribution in [0, 0.1) is 5.92 Å². The van der Waals surface area contributed by atoms with Gasteiger partial charge in [-0.1, -0.05) is 27.7 Å². The van der Waals surface area contributed by atoms with Gasteiger partial charge in [0.05, 0.1) is 12.7 Å². The normalized spacial score (nSPS) is 13.5. The van der Waals surface area contributed by atoms with Gasteiger partial charge in [-0.15, -0.1) is 0 Å². The van der Waals surface area contributed by atoms with E-state index >= 15 is 0 Å². The highest BCUT2D eigenvalue weighted by molar-refractivity contribution is 5.78. The molecule has 0 aliphatic heterocycles. The zero-order valence-electron chi connectivity index (χ0n) is 10.9. The molecule has 0 spiro atoms. The third-order valence-corrected chi connectivity index (χ3v) is 2.51. The van der Waals surface area contributed by atoms with Crippen molar-refractivity contribution in [2.75, 3.05) is 6.54 Å². The number of amides is 1. The molecule has 5 nitrogen and oxygen atoms in total. The summed E-state index contributed by atoms with van der Waals surface area (Å²) in [6.45, 7) is 8.57. The summed E-state index contributed by atoms with van der Waals surface area (Å²) in [6, 6.07) is 0. The summed E-state index contributed by atoms with van der Waals surface area (Å²) in [7, 11) is 0. The molecular weight excluding hydrogens is 218 g/mol. The molecule has 1 heterocycles. The second-order valence-corrected chi connectivity index (χ2v) is 5.22. The van der Waals surface area contributed by atoms with Crippen molar-refractivity contribution in [3.8, 4) is 0 Å². The average Bonchev–Trinajstić information content (AvgIpc) is 2.72. The number of hydrogen-bond acceptors (Lipinski definition) is 4. The van der Waals surface area contributed by atoms with Crippen molar-refractivity contribution < 1.29 is 9.21 Å². The third-order valence-electron chi connectivity index (χ3n) is 2.51. The van der Waals surface area contributed by atoms with Crippen molar-refractivity contribution in [2.24, 2.45) is 11.7 Å². The van der Waals surface area contributed by atoms with Gasteiger partial charge < -0.3 is 15.5 Å². The maximum atomic E-state index is 11.5. The number of hydrogen-bond donors (Lipinski definition) is 2. The van der Waals surface area contributed by atoms with Crippen LogP contribution >= 0.6 is 0 Å². The Bertz CT molecular complexity index is 379. The van der Waals surface area contributed by atoms with Crippen LogP contribution in [0.25, 0.3) is 0 Å². The lowest BCUT2D eigenvalue weighted by atomic mass is 9.94. The van der Waals surface area contributed by atoms with Gasteiger partial charge >= 0.3 is 0 Å². The van der Waals surface area contributed by atoms with Crippen molar-refractivity contribution in [1.29, 1.82) is 0 Å². The monoisotopic (exact) mass is 239 g/mol. The SMILES string of the molecule is CC(CN)C(=O)NCc1ncc(C(C)(C)C)o1. The topological polar surface area (TPSA) is 81.2 Å². The van der Waals surface area contributed by atoms with Crippen LogP contribution < -0.4 is 11.1 Å². The van der Waals surface area contributed by atoms with Gasteiger partial charge in [0, 0.05) is 17.9 Å². The van der Waals surface area contributed by atoms with Crippen molar-refractivity contribution in [2.45, 2.75) is 39.7 Å². The van der Waals surface area contributed by atoms with E-state index in [9.17, 15) is 4.79 Å². The summed E-state index contributed by atoms with van der Waals surface area (Å²) in [5.41, 5.74) is 5.33. The van der Waals surface area contributed by atoms with Gasteiger partial charge in [-0.3, -0.25) is 4.79 Å². The summed E-state index contributed by atoms with van der Waals surface area (Å²) >= 11 is 0. The maximum Gasteiger partial charge on any atom is 0.224 e. The lowest BCUT2D eigenvalue weighted by Gasteiger charge is -2.13. The van der Waals surface area contributed by atoms with Gasteiger partial charge in [-0.25, -0.2) is 4.98 Å². The van der Waals surface area contributed by atoms with Crippen molar-refractivity contribution >= 4 is 5.91 Å². The Labute approximate surface area is 102 Å². The number of carbonyl (C=O) groups is 1. The van der Waals surface area contributed by atoms with Crippen LogP contribution in [0.1, 0.15) is 39.3 Å². The minimum atomic E-state index is -0.188. The van der Waals surface area contributed by atoms with Gasteiger partial charge in [0.25, 0.3) is 0 Å². The number of nitrogens with one attached hydrogen (secondary N) is 1. The largest absolute Gasteiger partial charge is 0.443 e. The molecule has 1 aromatic heterocycles. The first-order chi connectivity index (χ1) is 7.84. The molecular formula is C12H21N3O2. The molecule has 3 N–H and O–H groups in total. The summed E-state index contributed by atoms with van der Waals surface area (Å²) in [6.07, 6.45) is 1.70. The van der Waals surface area contributed by atoms with E-state index < -0.39 is 0 Å². The first-order valence-corrected chi connectivity index (χ1v) is 5.77. The number of nitrogens with zero attached hydrogens (tertiary/aromatic N) is 1. The number of rotatable bonds is 4. The van der Waals surface area contributed by atoms with E-state index in [2.05, 4.69) is 10.3 Å². The fourth-order valence-electron chi connectivity index (χ4n) is 1.18. The molecule has 1 aromatic rings. The molecule has 1 rings (SSSR count). The molecule has 5 heteroatoms. The number of carbonyl (C=O) groups excluding carboxylic acids is 1.